The molecular weight excluding hydrogens is 414 g/mol. The van der Waals surface area contributed by atoms with Crippen molar-refractivity contribution < 1.29 is 9.21 Å². The predicted molar refractivity (Wildman–Crippen MR) is 107 cm³/mol. The fraction of sp³-hybridized carbons (Fsp3) is 0.211. The topological polar surface area (TPSA) is 60.9 Å². The summed E-state index contributed by atoms with van der Waals surface area (Å²) < 4.78 is 8.63. The summed E-state index contributed by atoms with van der Waals surface area (Å²) in [6.07, 6.45) is 1.82. The van der Waals surface area contributed by atoms with Crippen LogP contribution < -0.4 is 0 Å². The van der Waals surface area contributed by atoms with Crippen molar-refractivity contribution in [2.45, 2.75) is 25.6 Å². The number of halogens is 1. The summed E-state index contributed by atoms with van der Waals surface area (Å²) >= 11 is 4.71. The third kappa shape index (κ3) is 3.83. The summed E-state index contributed by atoms with van der Waals surface area (Å²) in [5.41, 5.74) is 3.55. The van der Waals surface area contributed by atoms with E-state index in [1.54, 1.807) is 0 Å². The molecule has 1 aromatic carbocycles. The number of Topliss-reactive ketones (excluding diaryl/α,β-unsaturated/α-hetero) is 1. The molecule has 3 aromatic rings. The molecule has 7 heteroatoms. The summed E-state index contributed by atoms with van der Waals surface area (Å²) in [5.74, 6) is 0.714. The van der Waals surface area contributed by atoms with E-state index in [1.807, 2.05) is 50.3 Å². The van der Waals surface area contributed by atoms with Gasteiger partial charge >= 0.3 is 0 Å². The lowest BCUT2D eigenvalue weighted by Crippen LogP contribution is -2.06. The standard InChI is InChI=1S/C19H18BrN3O2S/c1-4-9-23-12(2)10-15(13(23)3)17(24)11-26-19-22-21-18(25-19)14-7-5-6-8-16(14)20/h4-8,10H,1,9,11H2,2-3H3. The molecule has 2 aromatic heterocycles. The van der Waals surface area contributed by atoms with E-state index in [0.29, 0.717) is 17.7 Å². The molecule has 0 saturated carbocycles. The number of benzene rings is 1. The number of rotatable bonds is 7. The molecule has 0 spiro atoms. The molecule has 0 aliphatic carbocycles. The highest BCUT2D eigenvalue weighted by atomic mass is 79.9. The smallest absolute Gasteiger partial charge is 0.277 e. The van der Waals surface area contributed by atoms with Gasteiger partial charge in [0.1, 0.15) is 0 Å². The Hall–Kier alpha value is -2.12. The second-order valence-electron chi connectivity index (χ2n) is 5.75. The Bertz CT molecular complexity index is 962. The van der Waals surface area contributed by atoms with Gasteiger partial charge in [0, 0.05) is 28.0 Å². The minimum absolute atomic E-state index is 0.0408. The average Bonchev–Trinajstić information content (AvgIpc) is 3.20. The van der Waals surface area contributed by atoms with Crippen LogP contribution in [-0.2, 0) is 6.54 Å². The quantitative estimate of drug-likeness (QED) is 0.296. The molecule has 3 rings (SSSR count). The van der Waals surface area contributed by atoms with Crippen LogP contribution in [-0.4, -0.2) is 26.3 Å². The Kier molecular flexibility index (Phi) is 5.78. The fourth-order valence-electron chi connectivity index (χ4n) is 2.71. The Morgan fingerprint density at radius 3 is 2.85 bits per heavy atom. The first kappa shape index (κ1) is 18.7. The van der Waals surface area contributed by atoms with E-state index in [-0.39, 0.29) is 11.5 Å². The molecule has 5 nitrogen and oxygen atoms in total. The maximum atomic E-state index is 12.6. The minimum Gasteiger partial charge on any atom is -0.411 e. The summed E-state index contributed by atoms with van der Waals surface area (Å²) in [6.45, 7) is 8.39. The molecule has 0 unspecified atom stereocenters. The number of aromatic nitrogens is 3. The number of allylic oxidation sites excluding steroid dienone is 1. The van der Waals surface area contributed by atoms with Gasteiger partial charge < -0.3 is 8.98 Å². The van der Waals surface area contributed by atoms with Crippen LogP contribution in [0.15, 0.2) is 57.1 Å². The monoisotopic (exact) mass is 431 g/mol. The lowest BCUT2D eigenvalue weighted by molar-refractivity contribution is 0.102. The molecule has 0 fully saturated rings. The summed E-state index contributed by atoms with van der Waals surface area (Å²) in [5, 5.41) is 8.47. The van der Waals surface area contributed by atoms with E-state index >= 15 is 0 Å². The van der Waals surface area contributed by atoms with E-state index < -0.39 is 0 Å². The number of hydrogen-bond acceptors (Lipinski definition) is 5. The lowest BCUT2D eigenvalue weighted by Gasteiger charge is -2.05. The van der Waals surface area contributed by atoms with Crippen LogP contribution in [0.4, 0.5) is 0 Å². The molecule has 0 saturated heterocycles. The van der Waals surface area contributed by atoms with E-state index in [0.717, 1.165) is 27.0 Å². The minimum atomic E-state index is 0.0408. The highest BCUT2D eigenvalue weighted by molar-refractivity contribution is 9.10. The molecule has 0 amide bonds. The van der Waals surface area contributed by atoms with E-state index in [9.17, 15) is 4.79 Å². The Balaban J connectivity index is 1.70. The third-order valence-electron chi connectivity index (χ3n) is 4.02. The second kappa shape index (κ2) is 8.05. The first-order chi connectivity index (χ1) is 12.5. The third-order valence-corrected chi connectivity index (χ3v) is 5.53. The molecule has 0 atom stereocenters. The zero-order valence-electron chi connectivity index (χ0n) is 14.5. The first-order valence-corrected chi connectivity index (χ1v) is 9.81. The normalized spacial score (nSPS) is 10.9. The Labute approximate surface area is 164 Å². The fourth-order valence-corrected chi connectivity index (χ4v) is 3.81. The first-order valence-electron chi connectivity index (χ1n) is 8.03. The van der Waals surface area contributed by atoms with Gasteiger partial charge in [0.05, 0.1) is 11.3 Å². The number of carbonyl (C=O) groups is 1. The van der Waals surface area contributed by atoms with Gasteiger partial charge in [-0.15, -0.1) is 16.8 Å². The number of thioether (sulfide) groups is 1. The summed E-state index contributed by atoms with van der Waals surface area (Å²) in [6, 6.07) is 9.54. The number of ketones is 1. The molecule has 0 radical (unpaired) electrons. The van der Waals surface area contributed by atoms with Crippen LogP contribution in [0.25, 0.3) is 11.5 Å². The van der Waals surface area contributed by atoms with Crippen molar-refractivity contribution >= 4 is 33.5 Å². The summed E-state index contributed by atoms with van der Waals surface area (Å²) in [7, 11) is 0. The van der Waals surface area contributed by atoms with Gasteiger partial charge in [-0.1, -0.05) is 30.0 Å². The van der Waals surface area contributed by atoms with Crippen LogP contribution in [0, 0.1) is 13.8 Å². The highest BCUT2D eigenvalue weighted by Gasteiger charge is 2.17. The van der Waals surface area contributed by atoms with E-state index in [1.165, 1.54) is 11.8 Å². The molecule has 2 heterocycles. The molecule has 0 N–H and O–H groups in total. The molecule has 0 bridgehead atoms. The summed E-state index contributed by atoms with van der Waals surface area (Å²) in [4.78, 5) is 12.6. The van der Waals surface area contributed by atoms with Crippen molar-refractivity contribution in [2.75, 3.05) is 5.75 Å². The van der Waals surface area contributed by atoms with Gasteiger partial charge in [-0.2, -0.15) is 0 Å². The lowest BCUT2D eigenvalue weighted by atomic mass is 10.2. The van der Waals surface area contributed by atoms with Crippen LogP contribution in [0.2, 0.25) is 0 Å². The molecular formula is C19H18BrN3O2S. The van der Waals surface area contributed by atoms with Crippen molar-refractivity contribution in [3.05, 3.63) is 64.4 Å². The average molecular weight is 432 g/mol. The second-order valence-corrected chi connectivity index (χ2v) is 7.53. The van der Waals surface area contributed by atoms with Crippen molar-refractivity contribution in [2.24, 2.45) is 0 Å². The SMILES string of the molecule is C=CCn1c(C)cc(C(=O)CSc2nnc(-c3ccccc3Br)o2)c1C. The van der Waals surface area contributed by atoms with Gasteiger partial charge in [-0.05, 0) is 48.0 Å². The van der Waals surface area contributed by atoms with Crippen LogP contribution in [0.1, 0.15) is 21.7 Å². The zero-order chi connectivity index (χ0) is 18.7. The number of hydrogen-bond donors (Lipinski definition) is 0. The van der Waals surface area contributed by atoms with Gasteiger partial charge in [0.15, 0.2) is 5.78 Å². The van der Waals surface area contributed by atoms with Crippen molar-refractivity contribution in [3.63, 3.8) is 0 Å². The molecule has 0 aliphatic rings. The van der Waals surface area contributed by atoms with Crippen molar-refractivity contribution in [3.8, 4) is 11.5 Å². The van der Waals surface area contributed by atoms with Gasteiger partial charge in [-0.25, -0.2) is 0 Å². The largest absolute Gasteiger partial charge is 0.411 e. The van der Waals surface area contributed by atoms with Gasteiger partial charge in [0.2, 0.25) is 5.89 Å². The van der Waals surface area contributed by atoms with E-state index in [4.69, 9.17) is 4.42 Å². The molecule has 134 valence electrons. The number of nitrogens with zero attached hydrogens (tertiary/aromatic N) is 3. The van der Waals surface area contributed by atoms with E-state index in [2.05, 4.69) is 37.3 Å². The van der Waals surface area contributed by atoms with Crippen molar-refractivity contribution in [1.82, 2.24) is 14.8 Å². The Morgan fingerprint density at radius 1 is 1.35 bits per heavy atom. The molecule has 26 heavy (non-hydrogen) atoms. The highest BCUT2D eigenvalue weighted by Crippen LogP contribution is 2.29. The number of carbonyl (C=O) groups excluding carboxylic acids is 1. The van der Waals surface area contributed by atoms with Gasteiger partial charge in [0.25, 0.3) is 5.22 Å². The van der Waals surface area contributed by atoms with Crippen molar-refractivity contribution in [1.29, 1.82) is 0 Å². The maximum absolute atomic E-state index is 12.6. The Morgan fingerprint density at radius 2 is 2.12 bits per heavy atom. The zero-order valence-corrected chi connectivity index (χ0v) is 16.9. The van der Waals surface area contributed by atoms with Crippen LogP contribution in [0.3, 0.4) is 0 Å². The number of aryl methyl sites for hydroxylation is 1. The van der Waals surface area contributed by atoms with Crippen LogP contribution in [0.5, 0.6) is 0 Å². The van der Waals surface area contributed by atoms with Gasteiger partial charge in [-0.3, -0.25) is 4.79 Å². The maximum Gasteiger partial charge on any atom is 0.277 e. The molecule has 0 aliphatic heterocycles. The predicted octanol–water partition coefficient (Wildman–Crippen LogP) is 5.08. The van der Waals surface area contributed by atoms with Crippen LogP contribution >= 0.6 is 27.7 Å².